The van der Waals surface area contributed by atoms with Crippen molar-refractivity contribution < 1.29 is 23.8 Å². The molecule has 2 aromatic carbocycles. The molecular weight excluding hydrogens is 380 g/mol. The zero-order valence-corrected chi connectivity index (χ0v) is 17.0. The van der Waals surface area contributed by atoms with Gasteiger partial charge in [0.1, 0.15) is 12.7 Å². The maximum atomic E-state index is 12.1. The molecule has 5 nitrogen and oxygen atoms in total. The van der Waals surface area contributed by atoms with Crippen LogP contribution in [0.2, 0.25) is 0 Å². The van der Waals surface area contributed by atoms with E-state index < -0.39 is 0 Å². The quantitative estimate of drug-likeness (QED) is 0.324. The van der Waals surface area contributed by atoms with E-state index in [1.807, 2.05) is 60.7 Å². The Labute approximate surface area is 177 Å². The number of benzene rings is 2. The zero-order chi connectivity index (χ0) is 21.2. The molecule has 0 radical (unpaired) electrons. The van der Waals surface area contributed by atoms with Gasteiger partial charge in [-0.1, -0.05) is 60.7 Å². The summed E-state index contributed by atoms with van der Waals surface area (Å²) in [6.45, 7) is 0.206. The van der Waals surface area contributed by atoms with Gasteiger partial charge < -0.3 is 14.2 Å². The number of methoxy groups -OCH3 is 1. The van der Waals surface area contributed by atoms with Crippen LogP contribution in [0.25, 0.3) is 11.1 Å². The van der Waals surface area contributed by atoms with Crippen molar-refractivity contribution in [3.63, 3.8) is 0 Å². The van der Waals surface area contributed by atoms with Crippen molar-refractivity contribution in [2.75, 3.05) is 13.7 Å². The molecule has 2 aromatic rings. The topological polar surface area (TPSA) is 65.1 Å². The molecule has 1 heterocycles. The van der Waals surface area contributed by atoms with Crippen LogP contribution in [0, 0.1) is 0 Å². The molecule has 1 aliphatic heterocycles. The van der Waals surface area contributed by atoms with Crippen LogP contribution in [0.1, 0.15) is 29.6 Å². The highest BCUT2D eigenvalue weighted by Gasteiger charge is 2.35. The van der Waals surface area contributed by atoms with Crippen LogP contribution < -0.4 is 0 Å². The molecule has 0 spiro atoms. The lowest BCUT2D eigenvalue weighted by molar-refractivity contribution is -0.140. The number of rotatable bonds is 10. The van der Waals surface area contributed by atoms with E-state index in [0.717, 1.165) is 24.0 Å². The highest BCUT2D eigenvalue weighted by atomic mass is 16.6. The van der Waals surface area contributed by atoms with E-state index in [0.29, 0.717) is 12.0 Å². The predicted octanol–water partition coefficient (Wildman–Crippen LogP) is 4.73. The number of carbonyl (C=O) groups excluding carboxylic acids is 2. The first-order valence-corrected chi connectivity index (χ1v) is 10.1. The van der Waals surface area contributed by atoms with Crippen molar-refractivity contribution in [3.05, 3.63) is 84.5 Å². The van der Waals surface area contributed by atoms with Gasteiger partial charge in [0.05, 0.1) is 18.8 Å². The Hall–Kier alpha value is -3.18. The van der Waals surface area contributed by atoms with Gasteiger partial charge in [-0.2, -0.15) is 0 Å². The van der Waals surface area contributed by atoms with Crippen molar-refractivity contribution in [3.8, 4) is 11.1 Å². The lowest BCUT2D eigenvalue weighted by atomic mass is 10.0. The number of ether oxygens (including phenoxy) is 3. The SMILES string of the molecule is COC(=O)CCC[C@H]1O[C@@H]1/C=C/C=C/COC(=O)c1ccc(-c2ccccc2)cc1. The fourth-order valence-electron chi connectivity index (χ4n) is 3.05. The monoisotopic (exact) mass is 406 g/mol. The summed E-state index contributed by atoms with van der Waals surface area (Å²) in [6, 6.07) is 17.4. The fourth-order valence-corrected chi connectivity index (χ4v) is 3.05. The van der Waals surface area contributed by atoms with E-state index >= 15 is 0 Å². The molecule has 3 rings (SSSR count). The molecule has 0 aromatic heterocycles. The second-order valence-electron chi connectivity index (χ2n) is 6.96. The summed E-state index contributed by atoms with van der Waals surface area (Å²) in [4.78, 5) is 23.2. The van der Waals surface area contributed by atoms with E-state index in [-0.39, 0.29) is 30.8 Å². The first-order valence-electron chi connectivity index (χ1n) is 10.1. The average molecular weight is 406 g/mol. The van der Waals surface area contributed by atoms with Crippen LogP contribution in [0.15, 0.2) is 78.9 Å². The Kier molecular flexibility index (Phi) is 7.98. The number of epoxide rings is 1. The third-order valence-corrected chi connectivity index (χ3v) is 4.81. The summed E-state index contributed by atoms with van der Waals surface area (Å²) in [7, 11) is 1.40. The van der Waals surface area contributed by atoms with E-state index in [9.17, 15) is 9.59 Å². The first-order chi connectivity index (χ1) is 14.7. The number of esters is 2. The second-order valence-corrected chi connectivity index (χ2v) is 6.96. The van der Waals surface area contributed by atoms with Crippen LogP contribution in [-0.2, 0) is 19.0 Å². The Morgan fingerprint density at radius 1 is 1.00 bits per heavy atom. The van der Waals surface area contributed by atoms with Gasteiger partial charge >= 0.3 is 11.9 Å². The first kappa shape index (κ1) is 21.5. The molecule has 0 aliphatic carbocycles. The van der Waals surface area contributed by atoms with Gasteiger partial charge in [0.15, 0.2) is 0 Å². The molecule has 1 aliphatic rings. The predicted molar refractivity (Wildman–Crippen MR) is 115 cm³/mol. The molecular formula is C25H26O5. The Morgan fingerprint density at radius 3 is 2.47 bits per heavy atom. The number of allylic oxidation sites excluding steroid dienone is 2. The minimum atomic E-state index is -0.348. The minimum absolute atomic E-state index is 0.0953. The van der Waals surface area contributed by atoms with Gasteiger partial charge in [0.25, 0.3) is 0 Å². The Bertz CT molecular complexity index is 884. The summed E-state index contributed by atoms with van der Waals surface area (Å²) < 4.78 is 15.4. The molecule has 0 amide bonds. The van der Waals surface area contributed by atoms with Crippen LogP contribution >= 0.6 is 0 Å². The van der Waals surface area contributed by atoms with Crippen molar-refractivity contribution in [1.29, 1.82) is 0 Å². The highest BCUT2D eigenvalue weighted by Crippen LogP contribution is 2.28. The molecule has 2 atom stereocenters. The number of hydrogen-bond acceptors (Lipinski definition) is 5. The zero-order valence-electron chi connectivity index (χ0n) is 17.0. The van der Waals surface area contributed by atoms with Gasteiger partial charge in [0.2, 0.25) is 0 Å². The van der Waals surface area contributed by atoms with Crippen LogP contribution in [0.4, 0.5) is 0 Å². The van der Waals surface area contributed by atoms with Crippen LogP contribution in [0.3, 0.4) is 0 Å². The fraction of sp³-hybridized carbons (Fsp3) is 0.280. The smallest absolute Gasteiger partial charge is 0.338 e. The molecule has 0 N–H and O–H groups in total. The lowest BCUT2D eigenvalue weighted by Gasteiger charge is -2.04. The standard InChI is InChI=1S/C25H26O5/c1-28-24(26)13-8-12-23-22(30-23)11-6-3-7-18-29-25(27)21-16-14-20(15-17-21)19-9-4-2-5-10-19/h2-7,9-11,14-17,22-23H,8,12-13,18H2,1H3/b7-3+,11-6+/t22-,23-/m1/s1. The summed E-state index contributed by atoms with van der Waals surface area (Å²) in [5.41, 5.74) is 2.69. The number of hydrogen-bond donors (Lipinski definition) is 0. The molecule has 156 valence electrons. The van der Waals surface area contributed by atoms with E-state index in [2.05, 4.69) is 4.74 Å². The van der Waals surface area contributed by atoms with E-state index in [4.69, 9.17) is 9.47 Å². The summed E-state index contributed by atoms with van der Waals surface area (Å²) >= 11 is 0. The molecule has 0 unspecified atom stereocenters. The van der Waals surface area contributed by atoms with Gasteiger partial charge in [-0.3, -0.25) is 4.79 Å². The molecule has 30 heavy (non-hydrogen) atoms. The number of carbonyl (C=O) groups is 2. The molecule has 1 fully saturated rings. The summed E-state index contributed by atoms with van der Waals surface area (Å²) in [5.74, 6) is -0.535. The average Bonchev–Trinajstić information content (AvgIpc) is 3.54. The summed E-state index contributed by atoms with van der Waals surface area (Å²) in [6.07, 6.45) is 9.76. The Morgan fingerprint density at radius 2 is 1.73 bits per heavy atom. The van der Waals surface area contributed by atoms with Gasteiger partial charge in [-0.05, 0) is 42.2 Å². The maximum Gasteiger partial charge on any atom is 0.338 e. The summed E-state index contributed by atoms with van der Waals surface area (Å²) in [5, 5.41) is 0. The third-order valence-electron chi connectivity index (χ3n) is 4.81. The van der Waals surface area contributed by atoms with Gasteiger partial charge in [-0.15, -0.1) is 0 Å². The van der Waals surface area contributed by atoms with Crippen LogP contribution in [0.5, 0.6) is 0 Å². The molecule has 0 saturated carbocycles. The van der Waals surface area contributed by atoms with Crippen molar-refractivity contribution in [1.82, 2.24) is 0 Å². The highest BCUT2D eigenvalue weighted by molar-refractivity contribution is 5.90. The van der Waals surface area contributed by atoms with Crippen molar-refractivity contribution in [2.24, 2.45) is 0 Å². The second kappa shape index (κ2) is 11.1. The van der Waals surface area contributed by atoms with Crippen molar-refractivity contribution >= 4 is 11.9 Å². The van der Waals surface area contributed by atoms with Crippen LogP contribution in [-0.4, -0.2) is 37.9 Å². The maximum absolute atomic E-state index is 12.1. The molecule has 5 heteroatoms. The largest absolute Gasteiger partial charge is 0.469 e. The van der Waals surface area contributed by atoms with Gasteiger partial charge in [-0.25, -0.2) is 4.79 Å². The third kappa shape index (κ3) is 6.71. The van der Waals surface area contributed by atoms with E-state index in [1.165, 1.54) is 7.11 Å². The van der Waals surface area contributed by atoms with Crippen molar-refractivity contribution in [2.45, 2.75) is 31.5 Å². The molecule has 0 bridgehead atoms. The molecule has 1 saturated heterocycles. The minimum Gasteiger partial charge on any atom is -0.469 e. The lowest BCUT2D eigenvalue weighted by Crippen LogP contribution is -2.04. The van der Waals surface area contributed by atoms with E-state index in [1.54, 1.807) is 18.2 Å². The van der Waals surface area contributed by atoms with Gasteiger partial charge in [0, 0.05) is 6.42 Å². The Balaban J connectivity index is 1.33. The normalized spacial score (nSPS) is 17.9.